The Hall–Kier alpha value is -2.82. The highest BCUT2D eigenvalue weighted by Crippen LogP contribution is 2.30. The van der Waals surface area contributed by atoms with Crippen molar-refractivity contribution in [2.24, 2.45) is 0 Å². The van der Waals surface area contributed by atoms with E-state index in [4.69, 9.17) is 14.2 Å². The Balaban J connectivity index is 1.61. The molecule has 1 aliphatic rings. The molecule has 0 fully saturated rings. The first kappa shape index (κ1) is 18.0. The molecule has 0 saturated heterocycles. The van der Waals surface area contributed by atoms with E-state index < -0.39 is 5.97 Å². The van der Waals surface area contributed by atoms with Crippen LogP contribution < -0.4 is 9.47 Å². The molecule has 5 heteroatoms. The molecular formula is C21H22O5. The van der Waals surface area contributed by atoms with E-state index in [2.05, 4.69) is 20.8 Å². The molecule has 2 aromatic rings. The average Bonchev–Trinajstić information content (AvgIpc) is 2.64. The van der Waals surface area contributed by atoms with E-state index in [1.807, 2.05) is 12.1 Å². The SMILES string of the molecule is CC(C)(C)c1ccc(C(=O)OCC(=O)c2ccc3c(c2)OCCO3)cc1. The van der Waals surface area contributed by atoms with Crippen molar-refractivity contribution in [3.8, 4) is 11.5 Å². The molecule has 0 amide bonds. The minimum atomic E-state index is -0.517. The molecule has 2 aromatic carbocycles. The van der Waals surface area contributed by atoms with Crippen molar-refractivity contribution in [1.29, 1.82) is 0 Å². The fourth-order valence-electron chi connectivity index (χ4n) is 2.62. The Kier molecular flexibility index (Phi) is 4.98. The number of rotatable bonds is 4. The maximum Gasteiger partial charge on any atom is 0.338 e. The number of hydrogen-bond acceptors (Lipinski definition) is 5. The average molecular weight is 354 g/mol. The third-order valence-electron chi connectivity index (χ3n) is 4.19. The van der Waals surface area contributed by atoms with Gasteiger partial charge in [-0.25, -0.2) is 4.79 Å². The zero-order chi connectivity index (χ0) is 18.7. The van der Waals surface area contributed by atoms with E-state index in [1.54, 1.807) is 30.3 Å². The first-order chi connectivity index (χ1) is 12.3. The van der Waals surface area contributed by atoms with Crippen molar-refractivity contribution >= 4 is 11.8 Å². The van der Waals surface area contributed by atoms with Gasteiger partial charge in [-0.05, 0) is 41.3 Å². The summed E-state index contributed by atoms with van der Waals surface area (Å²) < 4.78 is 16.0. The van der Waals surface area contributed by atoms with Gasteiger partial charge in [0.2, 0.25) is 0 Å². The smallest absolute Gasteiger partial charge is 0.338 e. The van der Waals surface area contributed by atoms with Gasteiger partial charge in [-0.1, -0.05) is 32.9 Å². The molecule has 0 radical (unpaired) electrons. The van der Waals surface area contributed by atoms with Gasteiger partial charge in [0, 0.05) is 5.56 Å². The van der Waals surface area contributed by atoms with Gasteiger partial charge in [-0.2, -0.15) is 0 Å². The van der Waals surface area contributed by atoms with Gasteiger partial charge in [0.15, 0.2) is 23.9 Å². The lowest BCUT2D eigenvalue weighted by molar-refractivity contribution is 0.0474. The first-order valence-electron chi connectivity index (χ1n) is 8.55. The van der Waals surface area contributed by atoms with Crippen LogP contribution in [0, 0.1) is 0 Å². The molecule has 136 valence electrons. The zero-order valence-electron chi connectivity index (χ0n) is 15.2. The predicted molar refractivity (Wildman–Crippen MR) is 97.2 cm³/mol. The van der Waals surface area contributed by atoms with Gasteiger partial charge in [-0.15, -0.1) is 0 Å². The minimum absolute atomic E-state index is 0.0105. The molecule has 0 aromatic heterocycles. The molecule has 0 bridgehead atoms. The van der Waals surface area contributed by atoms with E-state index in [-0.39, 0.29) is 17.8 Å². The number of carbonyl (C=O) groups is 2. The van der Waals surface area contributed by atoms with Crippen molar-refractivity contribution in [3.63, 3.8) is 0 Å². The van der Waals surface area contributed by atoms with Gasteiger partial charge in [0.1, 0.15) is 13.2 Å². The summed E-state index contributed by atoms with van der Waals surface area (Å²) in [6.07, 6.45) is 0. The monoisotopic (exact) mass is 354 g/mol. The lowest BCUT2D eigenvalue weighted by Crippen LogP contribution is -2.17. The van der Waals surface area contributed by atoms with Crippen LogP contribution in [0.2, 0.25) is 0 Å². The number of Topliss-reactive ketones (excluding diaryl/α,β-unsaturated/α-hetero) is 1. The summed E-state index contributed by atoms with van der Waals surface area (Å²) in [4.78, 5) is 24.4. The highest BCUT2D eigenvalue weighted by atomic mass is 16.6. The van der Waals surface area contributed by atoms with Crippen LogP contribution in [0.3, 0.4) is 0 Å². The number of fused-ring (bicyclic) bond motifs is 1. The second-order valence-electron chi connectivity index (χ2n) is 7.19. The van der Waals surface area contributed by atoms with Crippen molar-refractivity contribution < 1.29 is 23.8 Å². The summed E-state index contributed by atoms with van der Waals surface area (Å²) in [6.45, 7) is 6.93. The summed E-state index contributed by atoms with van der Waals surface area (Å²) in [5, 5.41) is 0. The van der Waals surface area contributed by atoms with Crippen LogP contribution in [0.5, 0.6) is 11.5 Å². The van der Waals surface area contributed by atoms with E-state index in [1.165, 1.54) is 0 Å². The Morgan fingerprint density at radius 1 is 0.923 bits per heavy atom. The molecular weight excluding hydrogens is 332 g/mol. The van der Waals surface area contributed by atoms with Crippen LogP contribution in [-0.4, -0.2) is 31.6 Å². The number of hydrogen-bond donors (Lipinski definition) is 0. The Labute approximate surface area is 152 Å². The highest BCUT2D eigenvalue weighted by molar-refractivity contribution is 5.99. The van der Waals surface area contributed by atoms with Gasteiger partial charge in [-0.3, -0.25) is 4.79 Å². The summed E-state index contributed by atoms with van der Waals surface area (Å²) >= 11 is 0. The summed E-state index contributed by atoms with van der Waals surface area (Å²) in [5.74, 6) is 0.341. The Morgan fingerprint density at radius 3 is 2.19 bits per heavy atom. The number of carbonyl (C=O) groups excluding carboxylic acids is 2. The topological polar surface area (TPSA) is 61.8 Å². The lowest BCUT2D eigenvalue weighted by Gasteiger charge is -2.19. The van der Waals surface area contributed by atoms with Crippen LogP contribution in [0.25, 0.3) is 0 Å². The quantitative estimate of drug-likeness (QED) is 0.617. The fourth-order valence-corrected chi connectivity index (χ4v) is 2.62. The molecule has 26 heavy (non-hydrogen) atoms. The van der Waals surface area contributed by atoms with Crippen LogP contribution in [0.1, 0.15) is 47.1 Å². The van der Waals surface area contributed by atoms with E-state index in [0.29, 0.717) is 35.8 Å². The van der Waals surface area contributed by atoms with E-state index >= 15 is 0 Å². The molecule has 0 aliphatic carbocycles. The molecule has 0 N–H and O–H groups in total. The maximum absolute atomic E-state index is 12.3. The number of ether oxygens (including phenoxy) is 3. The molecule has 0 spiro atoms. The van der Waals surface area contributed by atoms with Crippen LogP contribution in [0.15, 0.2) is 42.5 Å². The van der Waals surface area contributed by atoms with Crippen LogP contribution in [0.4, 0.5) is 0 Å². The lowest BCUT2D eigenvalue weighted by atomic mass is 9.87. The van der Waals surface area contributed by atoms with E-state index in [0.717, 1.165) is 5.56 Å². The number of esters is 1. The van der Waals surface area contributed by atoms with Gasteiger partial charge < -0.3 is 14.2 Å². The minimum Gasteiger partial charge on any atom is -0.486 e. The predicted octanol–water partition coefficient (Wildman–Crippen LogP) is 3.80. The van der Waals surface area contributed by atoms with Crippen molar-refractivity contribution in [2.75, 3.05) is 19.8 Å². The summed E-state index contributed by atoms with van der Waals surface area (Å²) in [7, 11) is 0. The fraction of sp³-hybridized carbons (Fsp3) is 0.333. The van der Waals surface area contributed by atoms with Gasteiger partial charge >= 0.3 is 5.97 Å². The highest BCUT2D eigenvalue weighted by Gasteiger charge is 2.18. The molecule has 0 unspecified atom stereocenters. The largest absolute Gasteiger partial charge is 0.486 e. The molecule has 1 aliphatic heterocycles. The van der Waals surface area contributed by atoms with E-state index in [9.17, 15) is 9.59 Å². The molecule has 5 nitrogen and oxygen atoms in total. The Morgan fingerprint density at radius 2 is 1.54 bits per heavy atom. The Bertz CT molecular complexity index is 815. The van der Waals surface area contributed by atoms with Crippen molar-refractivity contribution in [2.45, 2.75) is 26.2 Å². The van der Waals surface area contributed by atoms with Crippen LogP contribution >= 0.6 is 0 Å². The molecule has 3 rings (SSSR count). The van der Waals surface area contributed by atoms with Gasteiger partial charge in [0.05, 0.1) is 5.56 Å². The molecule has 0 atom stereocenters. The van der Waals surface area contributed by atoms with Crippen molar-refractivity contribution in [1.82, 2.24) is 0 Å². The zero-order valence-corrected chi connectivity index (χ0v) is 15.2. The second kappa shape index (κ2) is 7.20. The molecule has 0 saturated carbocycles. The normalized spacial score (nSPS) is 13.2. The second-order valence-corrected chi connectivity index (χ2v) is 7.19. The third-order valence-corrected chi connectivity index (χ3v) is 4.19. The summed E-state index contributed by atoms with van der Waals surface area (Å²) in [6, 6.07) is 12.2. The maximum atomic E-state index is 12.3. The van der Waals surface area contributed by atoms with Crippen molar-refractivity contribution in [3.05, 3.63) is 59.2 Å². The number of ketones is 1. The standard InChI is InChI=1S/C21H22O5/c1-21(2,3)16-7-4-14(5-8-16)20(23)26-13-17(22)15-6-9-18-19(12-15)25-11-10-24-18/h4-9,12H,10-11,13H2,1-3H3. The first-order valence-corrected chi connectivity index (χ1v) is 8.55. The number of benzene rings is 2. The van der Waals surface area contributed by atoms with Crippen LogP contribution in [-0.2, 0) is 10.2 Å². The summed E-state index contributed by atoms with van der Waals surface area (Å²) in [5.41, 5.74) is 1.98. The third kappa shape index (κ3) is 4.04. The van der Waals surface area contributed by atoms with Gasteiger partial charge in [0.25, 0.3) is 0 Å². The molecule has 1 heterocycles.